The quantitative estimate of drug-likeness (QED) is 0.717. The third-order valence-electron chi connectivity index (χ3n) is 3.32. The van der Waals surface area contributed by atoms with Crippen LogP contribution >= 0.6 is 0 Å². The van der Waals surface area contributed by atoms with Gasteiger partial charge in [-0.3, -0.25) is 0 Å². The number of imidazole rings is 1. The molecule has 0 aliphatic carbocycles. The molecule has 0 saturated carbocycles. The smallest absolute Gasteiger partial charge is 0.433 e. The lowest BCUT2D eigenvalue weighted by Gasteiger charge is -2.10. The van der Waals surface area contributed by atoms with Crippen molar-refractivity contribution < 1.29 is 22.7 Å². The van der Waals surface area contributed by atoms with E-state index in [1.54, 1.807) is 28.8 Å². The van der Waals surface area contributed by atoms with Crippen molar-refractivity contribution in [1.29, 1.82) is 0 Å². The Kier molecular flexibility index (Phi) is 4.57. The van der Waals surface area contributed by atoms with E-state index in [1.807, 2.05) is 0 Å². The number of halogens is 3. The van der Waals surface area contributed by atoms with Gasteiger partial charge in [-0.2, -0.15) is 13.2 Å². The number of anilines is 2. The third kappa shape index (κ3) is 3.79. The second-order valence-corrected chi connectivity index (χ2v) is 5.10. The second-order valence-electron chi connectivity index (χ2n) is 5.10. The first-order chi connectivity index (χ1) is 12.4. The molecule has 0 radical (unpaired) electrons. The summed E-state index contributed by atoms with van der Waals surface area (Å²) in [7, 11) is 1.25. The summed E-state index contributed by atoms with van der Waals surface area (Å²) >= 11 is 0. The zero-order chi connectivity index (χ0) is 18.7. The lowest BCUT2D eigenvalue weighted by atomic mass is 10.2. The highest BCUT2D eigenvalue weighted by molar-refractivity contribution is 5.86. The van der Waals surface area contributed by atoms with Crippen molar-refractivity contribution >= 4 is 17.6 Å². The molecule has 1 aromatic carbocycles. The van der Waals surface area contributed by atoms with Gasteiger partial charge in [-0.15, -0.1) is 0 Å². The van der Waals surface area contributed by atoms with Crippen LogP contribution in [-0.4, -0.2) is 32.6 Å². The zero-order valence-corrected chi connectivity index (χ0v) is 13.4. The van der Waals surface area contributed by atoms with Crippen LogP contribution in [0.3, 0.4) is 0 Å². The maximum atomic E-state index is 12.7. The minimum absolute atomic E-state index is 0.132. The molecule has 0 spiro atoms. The van der Waals surface area contributed by atoms with Gasteiger partial charge in [-0.1, -0.05) is 6.07 Å². The highest BCUT2D eigenvalue weighted by Crippen LogP contribution is 2.28. The number of hydrogen-bond donors (Lipinski definition) is 1. The Morgan fingerprint density at radius 1 is 1.23 bits per heavy atom. The first-order valence-corrected chi connectivity index (χ1v) is 7.27. The zero-order valence-electron chi connectivity index (χ0n) is 13.4. The van der Waals surface area contributed by atoms with Crippen LogP contribution in [0.5, 0.6) is 0 Å². The Bertz CT molecular complexity index is 939. The maximum absolute atomic E-state index is 12.7. The minimum atomic E-state index is -4.55. The summed E-state index contributed by atoms with van der Waals surface area (Å²) in [4.78, 5) is 22.6. The lowest BCUT2D eigenvalue weighted by molar-refractivity contribution is -0.141. The summed E-state index contributed by atoms with van der Waals surface area (Å²) in [6.45, 7) is 0. The van der Waals surface area contributed by atoms with Gasteiger partial charge >= 0.3 is 12.1 Å². The Balaban J connectivity index is 1.84. The Morgan fingerprint density at radius 3 is 2.77 bits per heavy atom. The van der Waals surface area contributed by atoms with Crippen LogP contribution in [0.15, 0.2) is 49.1 Å². The van der Waals surface area contributed by atoms with Crippen LogP contribution in [0.25, 0.3) is 5.69 Å². The van der Waals surface area contributed by atoms with Gasteiger partial charge in [0, 0.05) is 23.8 Å². The number of esters is 1. The highest BCUT2D eigenvalue weighted by atomic mass is 19.4. The van der Waals surface area contributed by atoms with E-state index in [1.165, 1.54) is 19.6 Å². The number of rotatable bonds is 4. The molecule has 0 amide bonds. The first kappa shape index (κ1) is 17.4. The molecule has 26 heavy (non-hydrogen) atoms. The monoisotopic (exact) mass is 363 g/mol. The van der Waals surface area contributed by atoms with Crippen molar-refractivity contribution in [3.05, 3.63) is 60.4 Å². The van der Waals surface area contributed by atoms with Crippen molar-refractivity contribution in [3.8, 4) is 5.69 Å². The predicted molar refractivity (Wildman–Crippen MR) is 85.2 cm³/mol. The molecule has 3 rings (SSSR count). The van der Waals surface area contributed by atoms with Gasteiger partial charge in [0.2, 0.25) is 5.95 Å². The molecule has 0 bridgehead atoms. The van der Waals surface area contributed by atoms with E-state index in [0.717, 1.165) is 12.3 Å². The fraction of sp³-hybridized carbons (Fsp3) is 0.125. The molecule has 0 aliphatic heterocycles. The SMILES string of the molecule is COC(=O)c1cn(-c2cccc(Nc3nccc(C(F)(F)F)n3)c2)cn1. The molecule has 2 aromatic heterocycles. The van der Waals surface area contributed by atoms with Gasteiger partial charge in [-0.25, -0.2) is 19.7 Å². The summed E-state index contributed by atoms with van der Waals surface area (Å²) in [5, 5.41) is 2.72. The fourth-order valence-corrected chi connectivity index (χ4v) is 2.12. The molecule has 0 saturated heterocycles. The number of carbonyl (C=O) groups excluding carboxylic acids is 1. The van der Waals surface area contributed by atoms with Crippen LogP contribution in [0, 0.1) is 0 Å². The number of alkyl halides is 3. The predicted octanol–water partition coefficient (Wildman–Crippen LogP) is 3.21. The molecule has 134 valence electrons. The molecule has 0 aliphatic rings. The molecular formula is C16H12F3N5O2. The summed E-state index contributed by atoms with van der Waals surface area (Å²) in [5.74, 6) is -0.756. The van der Waals surface area contributed by atoms with E-state index in [0.29, 0.717) is 11.4 Å². The van der Waals surface area contributed by atoms with Gasteiger partial charge < -0.3 is 14.6 Å². The van der Waals surface area contributed by atoms with Crippen molar-refractivity contribution in [2.24, 2.45) is 0 Å². The highest BCUT2D eigenvalue weighted by Gasteiger charge is 2.32. The number of aromatic nitrogens is 4. The minimum Gasteiger partial charge on any atom is -0.464 e. The fourth-order valence-electron chi connectivity index (χ4n) is 2.12. The van der Waals surface area contributed by atoms with E-state index in [-0.39, 0.29) is 11.6 Å². The van der Waals surface area contributed by atoms with Crippen molar-refractivity contribution in [1.82, 2.24) is 19.5 Å². The number of benzene rings is 1. The molecule has 2 heterocycles. The summed E-state index contributed by atoms with van der Waals surface area (Å²) in [6.07, 6.45) is -0.624. The van der Waals surface area contributed by atoms with Gasteiger partial charge in [0.25, 0.3) is 0 Å². The number of hydrogen-bond acceptors (Lipinski definition) is 6. The van der Waals surface area contributed by atoms with Crippen molar-refractivity contribution in [2.75, 3.05) is 12.4 Å². The standard InChI is InChI=1S/C16H12F3N5O2/c1-26-14(25)12-8-24(9-21-12)11-4-2-3-10(7-11)22-15-20-6-5-13(23-15)16(17,18)19/h2-9H,1H3,(H,20,22,23). The first-order valence-electron chi connectivity index (χ1n) is 7.27. The van der Waals surface area contributed by atoms with Gasteiger partial charge in [0.1, 0.15) is 12.0 Å². The Hall–Kier alpha value is -3.43. The van der Waals surface area contributed by atoms with Crippen LogP contribution < -0.4 is 5.32 Å². The molecule has 1 N–H and O–H groups in total. The molecule has 0 unspecified atom stereocenters. The number of nitrogens with one attached hydrogen (secondary N) is 1. The lowest BCUT2D eigenvalue weighted by Crippen LogP contribution is -2.10. The molecule has 10 heteroatoms. The van der Waals surface area contributed by atoms with Gasteiger partial charge in [-0.05, 0) is 24.3 Å². The van der Waals surface area contributed by atoms with Crippen LogP contribution in [-0.2, 0) is 10.9 Å². The molecule has 7 nitrogen and oxygen atoms in total. The normalized spacial score (nSPS) is 11.2. The maximum Gasteiger partial charge on any atom is 0.433 e. The molecule has 0 fully saturated rings. The average molecular weight is 363 g/mol. The number of nitrogens with zero attached hydrogens (tertiary/aromatic N) is 4. The average Bonchev–Trinajstić information content (AvgIpc) is 3.11. The number of carbonyl (C=O) groups is 1. The van der Waals surface area contributed by atoms with Crippen molar-refractivity contribution in [3.63, 3.8) is 0 Å². The second kappa shape index (κ2) is 6.82. The Labute approximate surface area is 145 Å². The molecule has 3 aromatic rings. The molecule has 0 atom stereocenters. The third-order valence-corrected chi connectivity index (χ3v) is 3.32. The summed E-state index contributed by atoms with van der Waals surface area (Å²) in [5.41, 5.74) is 0.190. The van der Waals surface area contributed by atoms with Crippen LogP contribution in [0.2, 0.25) is 0 Å². The van der Waals surface area contributed by atoms with Crippen LogP contribution in [0.4, 0.5) is 24.8 Å². The molecular weight excluding hydrogens is 351 g/mol. The van der Waals surface area contributed by atoms with E-state index in [9.17, 15) is 18.0 Å². The summed E-state index contributed by atoms with van der Waals surface area (Å²) < 4.78 is 44.3. The topological polar surface area (TPSA) is 81.9 Å². The Morgan fingerprint density at radius 2 is 2.04 bits per heavy atom. The summed E-state index contributed by atoms with van der Waals surface area (Å²) in [6, 6.07) is 7.50. The van der Waals surface area contributed by atoms with E-state index in [4.69, 9.17) is 0 Å². The van der Waals surface area contributed by atoms with E-state index >= 15 is 0 Å². The van der Waals surface area contributed by atoms with Crippen LogP contribution in [0.1, 0.15) is 16.2 Å². The van der Waals surface area contributed by atoms with E-state index in [2.05, 4.69) is 25.0 Å². The largest absolute Gasteiger partial charge is 0.464 e. The van der Waals surface area contributed by atoms with E-state index < -0.39 is 17.8 Å². The van der Waals surface area contributed by atoms with Gasteiger partial charge in [0.15, 0.2) is 5.69 Å². The van der Waals surface area contributed by atoms with Gasteiger partial charge in [0.05, 0.1) is 7.11 Å². The number of ether oxygens (including phenoxy) is 1. The number of methoxy groups -OCH3 is 1. The van der Waals surface area contributed by atoms with Crippen molar-refractivity contribution in [2.45, 2.75) is 6.18 Å².